The molecule has 6 nitrogen and oxygen atoms in total. The zero-order valence-electron chi connectivity index (χ0n) is 12.1. The highest BCUT2D eigenvalue weighted by molar-refractivity contribution is 5.77. The third-order valence-electron chi connectivity index (χ3n) is 1.64. The maximum Gasteiger partial charge on any atom is 0.274 e. The lowest BCUT2D eigenvalue weighted by molar-refractivity contribution is -0.862. The summed E-state index contributed by atoms with van der Waals surface area (Å²) in [4.78, 5) is 23.0. The first kappa shape index (κ1) is 18.2. The van der Waals surface area contributed by atoms with E-state index in [1.165, 1.54) is 0 Å². The molecule has 0 bridgehead atoms. The van der Waals surface area contributed by atoms with E-state index in [9.17, 15) is 9.59 Å². The van der Waals surface area contributed by atoms with Crippen LogP contribution in [-0.4, -0.2) is 83.6 Å². The number of amides is 2. The van der Waals surface area contributed by atoms with E-state index < -0.39 is 0 Å². The van der Waals surface area contributed by atoms with E-state index in [0.717, 1.165) is 0 Å². The quantitative estimate of drug-likeness (QED) is 0.609. The molecule has 0 aliphatic carbocycles. The lowest BCUT2D eigenvalue weighted by atomic mass is 10.5. The third-order valence-corrected chi connectivity index (χ3v) is 1.64. The molecule has 0 aliphatic rings. The van der Waals surface area contributed by atoms with Crippen LogP contribution in [0.1, 0.15) is 0 Å². The summed E-state index contributed by atoms with van der Waals surface area (Å²) in [7, 11) is 12.9. The standard InChI is InChI=1S/C6H14N2O.C5H12N2O/c1-7-6(9)5-8(2,3)4;1-6-5(8)4-7(2)3/h5H2,1-4H3;4H2,1-3H3,(H,6,8)/p+1. The van der Waals surface area contributed by atoms with E-state index in [-0.39, 0.29) is 11.8 Å². The highest BCUT2D eigenvalue weighted by Crippen LogP contribution is 1.86. The van der Waals surface area contributed by atoms with Crippen LogP contribution in [0.5, 0.6) is 0 Å². The molecule has 0 saturated heterocycles. The molecule has 0 radical (unpaired) electrons. The van der Waals surface area contributed by atoms with Crippen LogP contribution in [-0.2, 0) is 9.59 Å². The molecule has 6 heteroatoms. The Bertz CT molecular complexity index is 234. The van der Waals surface area contributed by atoms with Crippen molar-refractivity contribution in [3.05, 3.63) is 0 Å². The molecule has 0 unspecified atom stereocenters. The van der Waals surface area contributed by atoms with Gasteiger partial charge in [0.15, 0.2) is 6.54 Å². The van der Waals surface area contributed by atoms with E-state index in [2.05, 4.69) is 10.6 Å². The first-order valence-electron chi connectivity index (χ1n) is 5.48. The molecule has 0 rings (SSSR count). The lowest BCUT2D eigenvalue weighted by Gasteiger charge is -2.22. The zero-order chi connectivity index (χ0) is 14.1. The predicted molar refractivity (Wildman–Crippen MR) is 69.6 cm³/mol. The van der Waals surface area contributed by atoms with Gasteiger partial charge in [-0.3, -0.25) is 9.59 Å². The Morgan fingerprint density at radius 3 is 1.53 bits per heavy atom. The van der Waals surface area contributed by atoms with Gasteiger partial charge >= 0.3 is 0 Å². The normalized spacial score (nSPS) is 10.4. The fourth-order valence-electron chi connectivity index (χ4n) is 0.876. The molecule has 0 fully saturated rings. The summed E-state index contributed by atoms with van der Waals surface area (Å²) in [5.74, 6) is 0.137. The fraction of sp³-hybridized carbons (Fsp3) is 0.818. The van der Waals surface area contributed by atoms with Gasteiger partial charge in [-0.05, 0) is 14.1 Å². The lowest BCUT2D eigenvalue weighted by Crippen LogP contribution is -2.43. The largest absolute Gasteiger partial charge is 0.358 e. The van der Waals surface area contributed by atoms with Gasteiger partial charge in [0.1, 0.15) is 0 Å². The number of hydrogen-bond acceptors (Lipinski definition) is 3. The van der Waals surface area contributed by atoms with Gasteiger partial charge in [0.2, 0.25) is 5.91 Å². The predicted octanol–water partition coefficient (Wildman–Crippen LogP) is -1.27. The average molecular weight is 247 g/mol. The smallest absolute Gasteiger partial charge is 0.274 e. The van der Waals surface area contributed by atoms with E-state index in [4.69, 9.17) is 0 Å². The molecule has 0 aliphatic heterocycles. The Morgan fingerprint density at radius 2 is 1.41 bits per heavy atom. The minimum Gasteiger partial charge on any atom is -0.358 e. The van der Waals surface area contributed by atoms with Gasteiger partial charge in [-0.25, -0.2) is 0 Å². The van der Waals surface area contributed by atoms with Crippen LogP contribution in [0.25, 0.3) is 0 Å². The highest BCUT2D eigenvalue weighted by atomic mass is 16.2. The van der Waals surface area contributed by atoms with Crippen LogP contribution in [0.2, 0.25) is 0 Å². The number of hydrogen-bond donors (Lipinski definition) is 2. The third kappa shape index (κ3) is 17.5. The molecule has 2 amide bonds. The Labute approximate surface area is 105 Å². The van der Waals surface area contributed by atoms with E-state index in [1.807, 2.05) is 40.1 Å². The monoisotopic (exact) mass is 247 g/mol. The summed E-state index contributed by atoms with van der Waals surface area (Å²) < 4.78 is 0.680. The maximum absolute atomic E-state index is 10.7. The summed E-state index contributed by atoms with van der Waals surface area (Å²) in [5, 5.41) is 5.08. The first-order chi connectivity index (χ1) is 7.62. The molecule has 2 N–H and O–H groups in total. The maximum atomic E-state index is 10.7. The molecule has 0 aromatic heterocycles. The zero-order valence-corrected chi connectivity index (χ0v) is 12.1. The van der Waals surface area contributed by atoms with Crippen molar-refractivity contribution in [2.24, 2.45) is 0 Å². The van der Waals surface area contributed by atoms with Gasteiger partial charge in [0.25, 0.3) is 5.91 Å². The molecule has 17 heavy (non-hydrogen) atoms. The van der Waals surface area contributed by atoms with Crippen molar-refractivity contribution in [1.82, 2.24) is 15.5 Å². The fourth-order valence-corrected chi connectivity index (χ4v) is 0.876. The second-order valence-electron chi connectivity index (χ2n) is 5.03. The number of carbonyl (C=O) groups excluding carboxylic acids is 2. The van der Waals surface area contributed by atoms with Crippen molar-refractivity contribution in [2.75, 3.05) is 62.4 Å². The molecule has 0 atom stereocenters. The molecule has 0 heterocycles. The molecule has 0 spiro atoms. The Morgan fingerprint density at radius 1 is 1.00 bits per heavy atom. The second kappa shape index (κ2) is 8.95. The summed E-state index contributed by atoms with van der Waals surface area (Å²) in [6.45, 7) is 1.01. The molecular weight excluding hydrogens is 220 g/mol. The van der Waals surface area contributed by atoms with Crippen molar-refractivity contribution < 1.29 is 14.1 Å². The minimum absolute atomic E-state index is 0.0509. The van der Waals surface area contributed by atoms with E-state index >= 15 is 0 Å². The summed E-state index contributed by atoms with van der Waals surface area (Å²) >= 11 is 0. The van der Waals surface area contributed by atoms with Crippen molar-refractivity contribution in [3.8, 4) is 0 Å². The van der Waals surface area contributed by atoms with Crippen LogP contribution in [0.3, 0.4) is 0 Å². The number of rotatable bonds is 4. The number of carbonyl (C=O) groups is 2. The van der Waals surface area contributed by atoms with Crippen LogP contribution >= 0.6 is 0 Å². The van der Waals surface area contributed by atoms with Crippen LogP contribution in [0, 0.1) is 0 Å². The van der Waals surface area contributed by atoms with Gasteiger partial charge in [0, 0.05) is 14.1 Å². The summed E-state index contributed by atoms with van der Waals surface area (Å²) in [5.41, 5.74) is 0. The highest BCUT2D eigenvalue weighted by Gasteiger charge is 2.11. The van der Waals surface area contributed by atoms with Crippen molar-refractivity contribution in [2.45, 2.75) is 0 Å². The van der Waals surface area contributed by atoms with Crippen LogP contribution in [0.15, 0.2) is 0 Å². The van der Waals surface area contributed by atoms with Gasteiger partial charge in [0.05, 0.1) is 27.7 Å². The van der Waals surface area contributed by atoms with Gasteiger partial charge in [-0.15, -0.1) is 0 Å². The number of likely N-dealkylation sites (N-methyl/N-ethyl adjacent to an activating group) is 4. The topological polar surface area (TPSA) is 61.4 Å². The Kier molecular flexibility index (Phi) is 9.60. The molecule has 0 saturated carbocycles. The second-order valence-corrected chi connectivity index (χ2v) is 5.03. The molecule has 102 valence electrons. The van der Waals surface area contributed by atoms with Crippen molar-refractivity contribution in [3.63, 3.8) is 0 Å². The summed E-state index contributed by atoms with van der Waals surface area (Å²) in [6.07, 6.45) is 0. The Balaban J connectivity index is 0. The number of quaternary nitrogens is 1. The molecule has 0 aromatic carbocycles. The number of nitrogens with zero attached hydrogens (tertiary/aromatic N) is 2. The average Bonchev–Trinajstić information content (AvgIpc) is 2.15. The van der Waals surface area contributed by atoms with Crippen LogP contribution in [0.4, 0.5) is 0 Å². The van der Waals surface area contributed by atoms with Gasteiger partial charge in [-0.1, -0.05) is 0 Å². The number of nitrogens with one attached hydrogen (secondary N) is 2. The van der Waals surface area contributed by atoms with E-state index in [1.54, 1.807) is 14.1 Å². The first-order valence-corrected chi connectivity index (χ1v) is 5.48. The van der Waals surface area contributed by atoms with Crippen molar-refractivity contribution in [1.29, 1.82) is 0 Å². The minimum atomic E-state index is 0.0509. The van der Waals surface area contributed by atoms with Crippen LogP contribution < -0.4 is 10.6 Å². The Hall–Kier alpha value is -1.14. The summed E-state index contributed by atoms with van der Waals surface area (Å²) in [6, 6.07) is 0. The van der Waals surface area contributed by atoms with Gasteiger partial charge in [-0.2, -0.15) is 0 Å². The van der Waals surface area contributed by atoms with E-state index in [0.29, 0.717) is 17.6 Å². The molecule has 0 aromatic rings. The van der Waals surface area contributed by atoms with Gasteiger partial charge < -0.3 is 20.0 Å². The molecular formula is C11H27N4O2+. The van der Waals surface area contributed by atoms with Crippen molar-refractivity contribution >= 4 is 11.8 Å². The SMILES string of the molecule is CNC(=O)CN(C)C.CNC(=O)C[N+](C)(C)C.